The third kappa shape index (κ3) is 3.96. The number of alkyl halides is 3. The molecule has 1 saturated heterocycles. The fourth-order valence-corrected chi connectivity index (χ4v) is 2.60. The Labute approximate surface area is 117 Å². The van der Waals surface area contributed by atoms with Crippen molar-refractivity contribution >= 4 is 0 Å². The fourth-order valence-electron chi connectivity index (χ4n) is 2.60. The molecular formula is C15H20F3NO. The van der Waals surface area contributed by atoms with Crippen LogP contribution in [0.1, 0.15) is 30.9 Å². The highest BCUT2D eigenvalue weighted by molar-refractivity contribution is 5.29. The van der Waals surface area contributed by atoms with E-state index in [2.05, 4.69) is 5.32 Å². The Morgan fingerprint density at radius 1 is 1.25 bits per heavy atom. The molecule has 0 saturated carbocycles. The molecule has 0 spiro atoms. The molecule has 112 valence electrons. The summed E-state index contributed by atoms with van der Waals surface area (Å²) in [5.41, 5.74) is -0.245. The predicted molar refractivity (Wildman–Crippen MR) is 71.3 cm³/mol. The summed E-state index contributed by atoms with van der Waals surface area (Å²) in [4.78, 5) is 0. The largest absolute Gasteiger partial charge is 0.416 e. The lowest BCUT2D eigenvalue weighted by atomic mass is 9.92. The van der Waals surface area contributed by atoms with Crippen molar-refractivity contribution in [3.63, 3.8) is 0 Å². The van der Waals surface area contributed by atoms with Crippen LogP contribution < -0.4 is 5.32 Å². The summed E-state index contributed by atoms with van der Waals surface area (Å²) in [7, 11) is 0. The lowest BCUT2D eigenvalue weighted by Crippen LogP contribution is -2.36. The number of hydrogen-bond donors (Lipinski definition) is 1. The van der Waals surface area contributed by atoms with Crippen LogP contribution in [0.15, 0.2) is 24.3 Å². The van der Waals surface area contributed by atoms with Gasteiger partial charge in [-0.2, -0.15) is 13.2 Å². The first-order valence-electron chi connectivity index (χ1n) is 6.94. The first-order valence-corrected chi connectivity index (χ1v) is 6.94. The van der Waals surface area contributed by atoms with E-state index in [9.17, 15) is 13.2 Å². The van der Waals surface area contributed by atoms with Gasteiger partial charge in [0.05, 0.1) is 5.56 Å². The second kappa shape index (κ2) is 6.59. The van der Waals surface area contributed by atoms with Crippen molar-refractivity contribution in [2.24, 2.45) is 5.92 Å². The van der Waals surface area contributed by atoms with Crippen molar-refractivity contribution in [2.75, 3.05) is 13.2 Å². The SMILES string of the molecule is CC(NCc1ccccc1C(F)(F)F)C1CCOCC1. The summed E-state index contributed by atoms with van der Waals surface area (Å²) in [6.45, 7) is 3.77. The summed E-state index contributed by atoms with van der Waals surface area (Å²) in [5.74, 6) is 0.474. The lowest BCUT2D eigenvalue weighted by Gasteiger charge is -2.28. The first kappa shape index (κ1) is 15.3. The second-order valence-corrected chi connectivity index (χ2v) is 5.27. The van der Waals surface area contributed by atoms with Crippen LogP contribution in [0.25, 0.3) is 0 Å². The Morgan fingerprint density at radius 3 is 2.55 bits per heavy atom. The summed E-state index contributed by atoms with van der Waals surface area (Å²) in [6, 6.07) is 5.93. The molecule has 0 radical (unpaired) electrons. The summed E-state index contributed by atoms with van der Waals surface area (Å²) in [5, 5.41) is 3.23. The molecule has 0 aromatic heterocycles. The summed E-state index contributed by atoms with van der Waals surface area (Å²) in [6.07, 6.45) is -2.36. The topological polar surface area (TPSA) is 21.3 Å². The quantitative estimate of drug-likeness (QED) is 0.913. The van der Waals surface area contributed by atoms with E-state index < -0.39 is 11.7 Å². The van der Waals surface area contributed by atoms with Gasteiger partial charge in [0, 0.05) is 25.8 Å². The molecule has 1 atom stereocenters. The summed E-state index contributed by atoms with van der Waals surface area (Å²) >= 11 is 0. The predicted octanol–water partition coefficient (Wildman–Crippen LogP) is 3.61. The molecule has 1 aromatic carbocycles. The summed E-state index contributed by atoms with van der Waals surface area (Å²) < 4.78 is 43.9. The third-order valence-corrected chi connectivity index (χ3v) is 3.91. The Hall–Kier alpha value is -1.07. The third-order valence-electron chi connectivity index (χ3n) is 3.91. The Kier molecular flexibility index (Phi) is 5.05. The molecule has 1 unspecified atom stereocenters. The number of nitrogens with one attached hydrogen (secondary N) is 1. The number of benzene rings is 1. The van der Waals surface area contributed by atoms with Gasteiger partial charge < -0.3 is 10.1 Å². The highest BCUT2D eigenvalue weighted by Crippen LogP contribution is 2.32. The maximum atomic E-state index is 12.9. The molecule has 0 aliphatic carbocycles. The monoisotopic (exact) mass is 287 g/mol. The van der Waals surface area contributed by atoms with Crippen LogP contribution in [0.4, 0.5) is 13.2 Å². The zero-order chi connectivity index (χ0) is 14.6. The molecule has 1 heterocycles. The zero-order valence-corrected chi connectivity index (χ0v) is 11.5. The van der Waals surface area contributed by atoms with Crippen LogP contribution in [-0.4, -0.2) is 19.3 Å². The zero-order valence-electron chi connectivity index (χ0n) is 11.5. The van der Waals surface area contributed by atoms with Crippen LogP contribution in [-0.2, 0) is 17.5 Å². The number of halogens is 3. The maximum Gasteiger partial charge on any atom is 0.416 e. The van der Waals surface area contributed by atoms with Gasteiger partial charge in [0.25, 0.3) is 0 Å². The Balaban J connectivity index is 1.96. The van der Waals surface area contributed by atoms with Gasteiger partial charge in [-0.25, -0.2) is 0 Å². The number of hydrogen-bond acceptors (Lipinski definition) is 2. The van der Waals surface area contributed by atoms with Crippen LogP contribution in [0, 0.1) is 5.92 Å². The normalized spacial score (nSPS) is 19.0. The molecule has 0 bridgehead atoms. The minimum Gasteiger partial charge on any atom is -0.381 e. The van der Waals surface area contributed by atoms with Gasteiger partial charge in [-0.15, -0.1) is 0 Å². The number of ether oxygens (including phenoxy) is 1. The molecule has 1 aliphatic rings. The highest BCUT2D eigenvalue weighted by Gasteiger charge is 2.32. The van der Waals surface area contributed by atoms with Crippen LogP contribution in [0.5, 0.6) is 0 Å². The van der Waals surface area contributed by atoms with E-state index in [1.807, 2.05) is 6.92 Å². The molecule has 20 heavy (non-hydrogen) atoms. The number of rotatable bonds is 4. The van der Waals surface area contributed by atoms with Gasteiger partial charge >= 0.3 is 6.18 Å². The average Bonchev–Trinajstić information content (AvgIpc) is 2.45. The van der Waals surface area contributed by atoms with Crippen molar-refractivity contribution in [1.29, 1.82) is 0 Å². The van der Waals surface area contributed by atoms with E-state index in [0.717, 1.165) is 32.1 Å². The van der Waals surface area contributed by atoms with E-state index in [0.29, 0.717) is 11.5 Å². The van der Waals surface area contributed by atoms with Crippen LogP contribution >= 0.6 is 0 Å². The van der Waals surface area contributed by atoms with Gasteiger partial charge in [0.1, 0.15) is 0 Å². The Bertz CT molecular complexity index is 427. The van der Waals surface area contributed by atoms with Gasteiger partial charge in [0.15, 0.2) is 0 Å². The molecule has 1 N–H and O–H groups in total. The van der Waals surface area contributed by atoms with E-state index in [4.69, 9.17) is 4.74 Å². The fraction of sp³-hybridized carbons (Fsp3) is 0.600. The van der Waals surface area contributed by atoms with E-state index in [1.165, 1.54) is 12.1 Å². The van der Waals surface area contributed by atoms with Crippen molar-refractivity contribution in [1.82, 2.24) is 5.32 Å². The van der Waals surface area contributed by atoms with Gasteiger partial charge in [-0.1, -0.05) is 18.2 Å². The molecule has 1 fully saturated rings. The molecular weight excluding hydrogens is 267 g/mol. The van der Waals surface area contributed by atoms with Crippen molar-refractivity contribution < 1.29 is 17.9 Å². The minimum absolute atomic E-state index is 0.195. The van der Waals surface area contributed by atoms with Gasteiger partial charge in [0.2, 0.25) is 0 Å². The highest BCUT2D eigenvalue weighted by atomic mass is 19.4. The van der Waals surface area contributed by atoms with Crippen LogP contribution in [0.3, 0.4) is 0 Å². The molecule has 2 rings (SSSR count). The van der Waals surface area contributed by atoms with E-state index >= 15 is 0 Å². The molecule has 5 heteroatoms. The Morgan fingerprint density at radius 2 is 1.90 bits per heavy atom. The van der Waals surface area contributed by atoms with Crippen LogP contribution in [0.2, 0.25) is 0 Å². The lowest BCUT2D eigenvalue weighted by molar-refractivity contribution is -0.138. The maximum absolute atomic E-state index is 12.9. The standard InChI is InChI=1S/C15H20F3NO/c1-11(12-6-8-20-9-7-12)19-10-13-4-2-3-5-14(13)15(16,17)18/h2-5,11-12,19H,6-10H2,1H3. The van der Waals surface area contributed by atoms with E-state index in [-0.39, 0.29) is 12.6 Å². The smallest absolute Gasteiger partial charge is 0.381 e. The first-order chi connectivity index (χ1) is 9.48. The van der Waals surface area contributed by atoms with Gasteiger partial charge in [-0.3, -0.25) is 0 Å². The average molecular weight is 287 g/mol. The molecule has 0 amide bonds. The van der Waals surface area contributed by atoms with Crippen molar-refractivity contribution in [3.05, 3.63) is 35.4 Å². The molecule has 1 aliphatic heterocycles. The van der Waals surface area contributed by atoms with E-state index in [1.54, 1.807) is 6.07 Å². The molecule has 1 aromatic rings. The van der Waals surface area contributed by atoms with Gasteiger partial charge in [-0.05, 0) is 37.3 Å². The van der Waals surface area contributed by atoms with Crippen molar-refractivity contribution in [3.8, 4) is 0 Å². The minimum atomic E-state index is -4.29. The van der Waals surface area contributed by atoms with Crippen molar-refractivity contribution in [2.45, 2.75) is 38.5 Å². The second-order valence-electron chi connectivity index (χ2n) is 5.27. The molecule has 2 nitrogen and oxygen atoms in total.